The van der Waals surface area contributed by atoms with Crippen molar-refractivity contribution in [3.8, 4) is 0 Å². The third-order valence-electron chi connectivity index (χ3n) is 2.79. The van der Waals surface area contributed by atoms with Crippen LogP contribution in [0, 0.1) is 0 Å². The van der Waals surface area contributed by atoms with Crippen LogP contribution in [0.5, 0.6) is 0 Å². The molecule has 0 unspecified atom stereocenters. The van der Waals surface area contributed by atoms with Crippen LogP contribution in [-0.4, -0.2) is 5.75 Å². The summed E-state index contributed by atoms with van der Waals surface area (Å²) in [5.74, 6) is 1.24. The molecule has 3 rings (SSSR count). The van der Waals surface area contributed by atoms with Gasteiger partial charge in [-0.1, -0.05) is 12.1 Å². The van der Waals surface area contributed by atoms with Gasteiger partial charge in [0.25, 0.3) is 0 Å². The Bertz CT molecular complexity index is 686. The Hall–Kier alpha value is -1.01. The maximum absolute atomic E-state index is 10.7. The molecule has 0 amide bonds. The zero-order valence-corrected chi connectivity index (χ0v) is 12.6. The number of fused-ring (bicyclic) bond motifs is 3. The van der Waals surface area contributed by atoms with Gasteiger partial charge >= 0.3 is 33.0 Å². The SMILES string of the molecule is C[n+]1cc2c(c3ccccc31)SCC2.F[P-](F)(F)(F)(F)F. The molecule has 0 aliphatic carbocycles. The van der Waals surface area contributed by atoms with E-state index in [1.807, 2.05) is 11.8 Å². The Kier molecular flexibility index (Phi) is 3.50. The van der Waals surface area contributed by atoms with Gasteiger partial charge in [-0.15, -0.1) is 11.8 Å². The van der Waals surface area contributed by atoms with Crippen LogP contribution in [0.1, 0.15) is 5.56 Å². The minimum atomic E-state index is -10.7. The second kappa shape index (κ2) is 4.49. The average molecular weight is 347 g/mol. The number of aromatic nitrogens is 1. The standard InChI is InChI=1S/C12H12NS.F6P/c1-13-8-9-6-7-14-12(9)10-4-2-3-5-11(10)13;1-7(2,3,4,5)6/h2-5,8H,6-7H2,1H3;/q+1;-1. The molecule has 0 saturated heterocycles. The number of nitrogens with zero attached hydrogens (tertiary/aromatic N) is 1. The molecule has 2 aromatic rings. The first-order valence-electron chi connectivity index (χ1n) is 5.91. The van der Waals surface area contributed by atoms with Crippen molar-refractivity contribution < 1.29 is 29.7 Å². The second-order valence-electron chi connectivity index (χ2n) is 4.67. The van der Waals surface area contributed by atoms with E-state index >= 15 is 0 Å². The quantitative estimate of drug-likeness (QED) is 0.336. The van der Waals surface area contributed by atoms with Gasteiger partial charge in [0.15, 0.2) is 6.20 Å². The van der Waals surface area contributed by atoms with Crippen molar-refractivity contribution in [2.24, 2.45) is 7.05 Å². The predicted molar refractivity (Wildman–Crippen MR) is 73.1 cm³/mol. The van der Waals surface area contributed by atoms with E-state index in [4.69, 9.17) is 0 Å². The van der Waals surface area contributed by atoms with Gasteiger partial charge in [0, 0.05) is 22.3 Å². The van der Waals surface area contributed by atoms with Crippen LogP contribution in [0.2, 0.25) is 0 Å². The summed E-state index contributed by atoms with van der Waals surface area (Å²) in [5.41, 5.74) is 2.84. The summed E-state index contributed by atoms with van der Waals surface area (Å²) >= 11 is 1.99. The van der Waals surface area contributed by atoms with Crippen LogP contribution in [0.3, 0.4) is 0 Å². The number of thioether (sulfide) groups is 1. The Labute approximate surface area is 121 Å². The van der Waals surface area contributed by atoms with Crippen LogP contribution in [0.4, 0.5) is 25.2 Å². The molecule has 1 aliphatic heterocycles. The third-order valence-corrected chi connectivity index (χ3v) is 3.97. The molecule has 1 aromatic heterocycles. The van der Waals surface area contributed by atoms with E-state index in [1.165, 1.54) is 33.5 Å². The molecule has 1 nitrogen and oxygen atoms in total. The Morgan fingerprint density at radius 2 is 1.62 bits per heavy atom. The van der Waals surface area contributed by atoms with Crippen molar-refractivity contribution in [2.45, 2.75) is 11.3 Å². The van der Waals surface area contributed by atoms with Gasteiger partial charge in [-0.25, -0.2) is 4.57 Å². The Morgan fingerprint density at radius 3 is 2.24 bits per heavy atom. The van der Waals surface area contributed by atoms with Crippen LogP contribution in [-0.2, 0) is 13.5 Å². The van der Waals surface area contributed by atoms with Crippen molar-refractivity contribution in [1.82, 2.24) is 0 Å². The van der Waals surface area contributed by atoms with Crippen LogP contribution in [0.25, 0.3) is 10.9 Å². The monoisotopic (exact) mass is 347 g/mol. The molecule has 0 N–H and O–H groups in total. The van der Waals surface area contributed by atoms with Gasteiger partial charge < -0.3 is 0 Å². The van der Waals surface area contributed by atoms with Gasteiger partial charge in [0.2, 0.25) is 5.52 Å². The zero-order valence-electron chi connectivity index (χ0n) is 10.9. The molecule has 1 aliphatic rings. The molecule has 2 heterocycles. The summed E-state index contributed by atoms with van der Waals surface area (Å²) in [6.45, 7) is 0. The van der Waals surface area contributed by atoms with Crippen molar-refractivity contribution in [2.75, 3.05) is 5.75 Å². The summed E-state index contributed by atoms with van der Waals surface area (Å²) < 4.78 is 61.4. The summed E-state index contributed by atoms with van der Waals surface area (Å²) in [7, 11) is -8.53. The van der Waals surface area contributed by atoms with E-state index in [0.717, 1.165) is 0 Å². The van der Waals surface area contributed by atoms with Gasteiger partial charge in [-0.2, -0.15) is 0 Å². The topological polar surface area (TPSA) is 3.88 Å². The molecule has 9 heteroatoms. The number of rotatable bonds is 0. The minimum absolute atomic E-state index is 1.22. The number of para-hydroxylation sites is 1. The number of aryl methyl sites for hydroxylation is 2. The first-order chi connectivity index (χ1) is 9.31. The third kappa shape index (κ3) is 5.36. The molecule has 21 heavy (non-hydrogen) atoms. The first kappa shape index (κ1) is 16.4. The Morgan fingerprint density at radius 1 is 1.05 bits per heavy atom. The average Bonchev–Trinajstić information content (AvgIpc) is 2.73. The van der Waals surface area contributed by atoms with Crippen LogP contribution in [0.15, 0.2) is 35.4 Å². The Balaban J connectivity index is 0.000000199. The number of hydrogen-bond acceptors (Lipinski definition) is 1. The molecule has 0 fully saturated rings. The molecular weight excluding hydrogens is 335 g/mol. The fraction of sp³-hybridized carbons (Fsp3) is 0.250. The summed E-state index contributed by atoms with van der Waals surface area (Å²) in [6.07, 6.45) is 3.50. The van der Waals surface area contributed by atoms with E-state index in [2.05, 4.69) is 42.1 Å². The second-order valence-corrected chi connectivity index (χ2v) is 7.69. The molecule has 0 spiro atoms. The maximum atomic E-state index is 9.87. The van der Waals surface area contributed by atoms with Crippen LogP contribution >= 0.6 is 19.6 Å². The van der Waals surface area contributed by atoms with Crippen molar-refractivity contribution in [1.29, 1.82) is 0 Å². The number of hydrogen-bond donors (Lipinski definition) is 0. The van der Waals surface area contributed by atoms with Gasteiger partial charge in [0.05, 0.1) is 5.39 Å². The number of benzene rings is 1. The van der Waals surface area contributed by atoms with Crippen LogP contribution < -0.4 is 4.57 Å². The van der Waals surface area contributed by atoms with Crippen molar-refractivity contribution >= 4 is 30.5 Å². The van der Waals surface area contributed by atoms with E-state index in [9.17, 15) is 25.2 Å². The van der Waals surface area contributed by atoms with Gasteiger partial charge in [-0.05, 0) is 12.5 Å². The normalized spacial score (nSPS) is 17.5. The predicted octanol–water partition coefficient (Wildman–Crippen LogP) is 5.69. The van der Waals surface area contributed by atoms with Crippen molar-refractivity contribution in [3.05, 3.63) is 36.0 Å². The van der Waals surface area contributed by atoms with Crippen molar-refractivity contribution in [3.63, 3.8) is 0 Å². The molecule has 118 valence electrons. The van der Waals surface area contributed by atoms with E-state index in [1.54, 1.807) is 0 Å². The zero-order chi connectivity index (χ0) is 16.0. The van der Waals surface area contributed by atoms with Gasteiger partial charge in [0.1, 0.15) is 7.05 Å². The fourth-order valence-corrected chi connectivity index (χ4v) is 3.31. The number of pyridine rings is 1. The molecule has 0 saturated carbocycles. The summed E-state index contributed by atoms with van der Waals surface area (Å²) in [5, 5.41) is 1.41. The van der Waals surface area contributed by atoms with E-state index in [0.29, 0.717) is 0 Å². The first-order valence-corrected chi connectivity index (χ1v) is 8.92. The van der Waals surface area contributed by atoms with Gasteiger partial charge in [-0.3, -0.25) is 0 Å². The summed E-state index contributed by atoms with van der Waals surface area (Å²) in [4.78, 5) is 1.50. The molecule has 1 aromatic carbocycles. The number of halogens is 6. The fourth-order valence-electron chi connectivity index (χ4n) is 2.12. The summed E-state index contributed by atoms with van der Waals surface area (Å²) in [6, 6.07) is 8.65. The molecule has 0 bridgehead atoms. The van der Waals surface area contributed by atoms with E-state index < -0.39 is 7.81 Å². The molecule has 0 radical (unpaired) electrons. The molecular formula is C12H12F6NPS. The molecule has 0 atom stereocenters. The van der Waals surface area contributed by atoms with E-state index in [-0.39, 0.29) is 0 Å².